The number of carbonyl (C=O) groups excluding carboxylic acids is 2. The van der Waals surface area contributed by atoms with Crippen LogP contribution in [0.1, 0.15) is 24.5 Å². The quantitative estimate of drug-likeness (QED) is 0.757. The number of likely N-dealkylation sites (N-methyl/N-ethyl adjacent to an activating group) is 1. The molecule has 1 aromatic carbocycles. The third-order valence-electron chi connectivity index (χ3n) is 2.90. The van der Waals surface area contributed by atoms with Crippen LogP contribution in [0.3, 0.4) is 0 Å². The Hall–Kier alpha value is -1.49. The van der Waals surface area contributed by atoms with Gasteiger partial charge in [-0.05, 0) is 44.0 Å². The first kappa shape index (κ1) is 16.6. The minimum absolute atomic E-state index is 0.0565. The number of carbonyl (C=O) groups is 2. The van der Waals surface area contributed by atoms with Gasteiger partial charge in [0, 0.05) is 23.6 Å². The number of thioether (sulfide) groups is 1. The van der Waals surface area contributed by atoms with Crippen LogP contribution in [0.4, 0.5) is 0 Å². The highest BCUT2D eigenvalue weighted by Crippen LogP contribution is 2.21. The van der Waals surface area contributed by atoms with E-state index in [0.717, 1.165) is 0 Å². The summed E-state index contributed by atoms with van der Waals surface area (Å²) in [6, 6.07) is 6.29. The second-order valence-corrected chi connectivity index (χ2v) is 5.74. The second-order valence-electron chi connectivity index (χ2n) is 4.57. The summed E-state index contributed by atoms with van der Waals surface area (Å²) < 4.78 is 0. The molecule has 0 aliphatic heterocycles. The number of hydrogen-bond acceptors (Lipinski definition) is 3. The zero-order valence-corrected chi connectivity index (χ0v) is 13.1. The molecule has 0 radical (unpaired) electrons. The van der Waals surface area contributed by atoms with Crippen molar-refractivity contribution in [3.63, 3.8) is 0 Å². The second kappa shape index (κ2) is 8.64. The van der Waals surface area contributed by atoms with Gasteiger partial charge < -0.3 is 10.6 Å². The molecular weight excluding hydrogens is 272 g/mol. The minimum atomic E-state index is -0.150. The van der Waals surface area contributed by atoms with Crippen LogP contribution in [0, 0.1) is 13.8 Å². The molecule has 1 aromatic rings. The predicted molar refractivity (Wildman–Crippen MR) is 83.0 cm³/mol. The molecular formula is C15H22N2O2S. The van der Waals surface area contributed by atoms with Gasteiger partial charge in [0.2, 0.25) is 11.8 Å². The fourth-order valence-corrected chi connectivity index (χ4v) is 2.54. The monoisotopic (exact) mass is 294 g/mol. The Bertz CT molecular complexity index is 475. The molecule has 5 heteroatoms. The van der Waals surface area contributed by atoms with E-state index in [1.807, 2.05) is 6.92 Å². The molecule has 2 N–H and O–H groups in total. The topological polar surface area (TPSA) is 58.2 Å². The van der Waals surface area contributed by atoms with E-state index in [-0.39, 0.29) is 18.4 Å². The first-order valence-electron chi connectivity index (χ1n) is 6.76. The van der Waals surface area contributed by atoms with Gasteiger partial charge >= 0.3 is 0 Å². The smallest absolute Gasteiger partial charge is 0.239 e. The maximum atomic E-state index is 11.6. The zero-order valence-electron chi connectivity index (χ0n) is 12.3. The molecule has 1 rings (SSSR count). The van der Waals surface area contributed by atoms with Gasteiger partial charge in [-0.3, -0.25) is 9.59 Å². The maximum absolute atomic E-state index is 11.6. The molecule has 0 heterocycles. The molecule has 0 aliphatic carbocycles. The normalized spacial score (nSPS) is 10.2. The third kappa shape index (κ3) is 6.10. The van der Waals surface area contributed by atoms with Crippen LogP contribution in [0.25, 0.3) is 0 Å². The van der Waals surface area contributed by atoms with Crippen molar-refractivity contribution >= 4 is 23.6 Å². The van der Waals surface area contributed by atoms with E-state index in [9.17, 15) is 9.59 Å². The molecule has 20 heavy (non-hydrogen) atoms. The van der Waals surface area contributed by atoms with Gasteiger partial charge in [0.15, 0.2) is 0 Å². The fourth-order valence-electron chi connectivity index (χ4n) is 1.59. The Labute approximate surface area is 124 Å². The van der Waals surface area contributed by atoms with Crippen LogP contribution >= 0.6 is 11.8 Å². The summed E-state index contributed by atoms with van der Waals surface area (Å²) in [7, 11) is 0. The van der Waals surface area contributed by atoms with Gasteiger partial charge in [-0.25, -0.2) is 0 Å². The first-order chi connectivity index (χ1) is 9.52. The Morgan fingerprint density at radius 3 is 2.50 bits per heavy atom. The summed E-state index contributed by atoms with van der Waals surface area (Å²) in [6.45, 7) is 6.65. The fraction of sp³-hybridized carbons (Fsp3) is 0.467. The van der Waals surface area contributed by atoms with Crippen LogP contribution in [-0.4, -0.2) is 30.7 Å². The van der Waals surface area contributed by atoms with Crippen LogP contribution in [0.2, 0.25) is 0 Å². The van der Waals surface area contributed by atoms with E-state index < -0.39 is 0 Å². The average molecular weight is 294 g/mol. The molecule has 0 fully saturated rings. The number of hydrogen-bond donors (Lipinski definition) is 2. The Morgan fingerprint density at radius 2 is 1.85 bits per heavy atom. The van der Waals surface area contributed by atoms with Crippen molar-refractivity contribution in [3.8, 4) is 0 Å². The molecule has 0 unspecified atom stereocenters. The Morgan fingerprint density at radius 1 is 1.10 bits per heavy atom. The molecule has 0 aliphatic rings. The molecule has 0 bridgehead atoms. The summed E-state index contributed by atoms with van der Waals surface area (Å²) in [4.78, 5) is 23.9. The Kier molecular flexibility index (Phi) is 7.15. The van der Waals surface area contributed by atoms with E-state index in [1.165, 1.54) is 16.0 Å². The van der Waals surface area contributed by atoms with E-state index >= 15 is 0 Å². The molecule has 2 amide bonds. The number of rotatable bonds is 7. The van der Waals surface area contributed by atoms with E-state index in [2.05, 4.69) is 42.7 Å². The van der Waals surface area contributed by atoms with Gasteiger partial charge in [0.1, 0.15) is 0 Å². The lowest BCUT2D eigenvalue weighted by molar-refractivity contribution is -0.125. The highest BCUT2D eigenvalue weighted by atomic mass is 32.2. The van der Waals surface area contributed by atoms with Crippen molar-refractivity contribution in [1.29, 1.82) is 0 Å². The van der Waals surface area contributed by atoms with E-state index in [0.29, 0.717) is 18.7 Å². The van der Waals surface area contributed by atoms with Crippen LogP contribution in [-0.2, 0) is 9.59 Å². The zero-order chi connectivity index (χ0) is 15.0. The van der Waals surface area contributed by atoms with Crippen molar-refractivity contribution < 1.29 is 9.59 Å². The lowest BCUT2D eigenvalue weighted by Crippen LogP contribution is -2.36. The standard InChI is InChI=1S/C15H22N2O2S/c1-4-16-15(19)10-17-14(18)7-8-20-13-6-5-11(2)12(3)9-13/h5-6,9H,4,7-8,10H2,1-3H3,(H,16,19)(H,17,18). The molecule has 4 nitrogen and oxygen atoms in total. The largest absolute Gasteiger partial charge is 0.355 e. The van der Waals surface area contributed by atoms with Gasteiger partial charge in [-0.15, -0.1) is 11.8 Å². The Balaban J connectivity index is 2.24. The molecule has 0 aromatic heterocycles. The molecule has 0 spiro atoms. The van der Waals surface area contributed by atoms with E-state index in [4.69, 9.17) is 0 Å². The predicted octanol–water partition coefficient (Wildman–Crippen LogP) is 2.04. The number of benzene rings is 1. The summed E-state index contributed by atoms with van der Waals surface area (Å²) in [5.74, 6) is 0.472. The third-order valence-corrected chi connectivity index (χ3v) is 3.89. The van der Waals surface area contributed by atoms with Crippen molar-refractivity contribution in [3.05, 3.63) is 29.3 Å². The van der Waals surface area contributed by atoms with Crippen molar-refractivity contribution in [2.75, 3.05) is 18.8 Å². The van der Waals surface area contributed by atoms with Gasteiger partial charge in [-0.2, -0.15) is 0 Å². The summed E-state index contributed by atoms with van der Waals surface area (Å²) >= 11 is 1.65. The van der Waals surface area contributed by atoms with Gasteiger partial charge in [0.25, 0.3) is 0 Å². The van der Waals surface area contributed by atoms with Gasteiger partial charge in [-0.1, -0.05) is 6.07 Å². The lowest BCUT2D eigenvalue weighted by atomic mass is 10.1. The number of nitrogens with one attached hydrogen (secondary N) is 2. The molecule has 0 atom stereocenters. The molecule has 0 saturated heterocycles. The van der Waals surface area contributed by atoms with Crippen LogP contribution in [0.15, 0.2) is 23.1 Å². The SMILES string of the molecule is CCNC(=O)CNC(=O)CCSc1ccc(C)c(C)c1. The number of aryl methyl sites for hydroxylation is 2. The average Bonchev–Trinajstić information content (AvgIpc) is 2.41. The van der Waals surface area contributed by atoms with Crippen LogP contribution in [0.5, 0.6) is 0 Å². The van der Waals surface area contributed by atoms with E-state index in [1.54, 1.807) is 11.8 Å². The van der Waals surface area contributed by atoms with Crippen molar-refractivity contribution in [2.24, 2.45) is 0 Å². The highest BCUT2D eigenvalue weighted by molar-refractivity contribution is 7.99. The van der Waals surface area contributed by atoms with Gasteiger partial charge in [0.05, 0.1) is 6.54 Å². The molecule has 0 saturated carbocycles. The lowest BCUT2D eigenvalue weighted by Gasteiger charge is -2.06. The summed E-state index contributed by atoms with van der Waals surface area (Å²) in [6.07, 6.45) is 0.414. The number of amides is 2. The summed E-state index contributed by atoms with van der Waals surface area (Å²) in [5.41, 5.74) is 2.53. The highest BCUT2D eigenvalue weighted by Gasteiger charge is 2.05. The summed E-state index contributed by atoms with van der Waals surface area (Å²) in [5, 5.41) is 5.25. The van der Waals surface area contributed by atoms with Crippen LogP contribution < -0.4 is 10.6 Å². The minimum Gasteiger partial charge on any atom is -0.355 e. The maximum Gasteiger partial charge on any atom is 0.239 e. The van der Waals surface area contributed by atoms with Crippen molar-refractivity contribution in [1.82, 2.24) is 10.6 Å². The molecule has 110 valence electrons. The van der Waals surface area contributed by atoms with Crippen molar-refractivity contribution in [2.45, 2.75) is 32.1 Å². The first-order valence-corrected chi connectivity index (χ1v) is 7.75.